The zero-order chi connectivity index (χ0) is 26.8. The molecule has 1 aliphatic heterocycles. The second kappa shape index (κ2) is 10.4. The number of benzene rings is 2. The maximum absolute atomic E-state index is 12.6. The van der Waals surface area contributed by atoms with Crippen LogP contribution < -0.4 is 21.6 Å². The van der Waals surface area contributed by atoms with Gasteiger partial charge >= 0.3 is 11.7 Å². The van der Waals surface area contributed by atoms with E-state index in [0.29, 0.717) is 11.3 Å². The maximum atomic E-state index is 12.6. The molecule has 2 atom stereocenters. The lowest BCUT2D eigenvalue weighted by Crippen LogP contribution is -2.66. The van der Waals surface area contributed by atoms with Gasteiger partial charge in [0.15, 0.2) is 6.10 Å². The van der Waals surface area contributed by atoms with Gasteiger partial charge in [-0.25, -0.2) is 4.79 Å². The van der Waals surface area contributed by atoms with Crippen molar-refractivity contribution in [2.75, 3.05) is 6.61 Å². The smallest absolute Gasteiger partial charge is 0.331 e. The predicted octanol–water partition coefficient (Wildman–Crippen LogP) is 2.77. The van der Waals surface area contributed by atoms with Crippen LogP contribution in [0.4, 0.5) is 0 Å². The Labute approximate surface area is 216 Å². The van der Waals surface area contributed by atoms with Crippen molar-refractivity contribution >= 4 is 24.7 Å². The van der Waals surface area contributed by atoms with Crippen LogP contribution in [0.2, 0.25) is 5.04 Å². The summed E-state index contributed by atoms with van der Waals surface area (Å²) >= 11 is 0. The summed E-state index contributed by atoms with van der Waals surface area (Å²) in [7, 11) is -2.84. The van der Waals surface area contributed by atoms with Crippen molar-refractivity contribution in [3.05, 3.63) is 105 Å². The molecule has 0 saturated heterocycles. The Morgan fingerprint density at radius 2 is 1.59 bits per heavy atom. The molecule has 1 N–H and O–H groups in total. The lowest BCUT2D eigenvalue weighted by molar-refractivity contribution is -0.150. The molecule has 2 heterocycles. The van der Waals surface area contributed by atoms with E-state index in [4.69, 9.17) is 13.9 Å². The second-order valence-electron chi connectivity index (χ2n) is 10.1. The number of carbonyl (C=O) groups is 1. The number of nitrogens with one attached hydrogen (secondary N) is 1. The molecule has 0 amide bonds. The monoisotopic (exact) mass is 520 g/mol. The molecule has 3 aromatic rings. The van der Waals surface area contributed by atoms with Crippen LogP contribution in [0.25, 0.3) is 0 Å². The second-order valence-corrected chi connectivity index (χ2v) is 14.5. The molecule has 0 fully saturated rings. The topological polar surface area (TPSA) is 99.6 Å². The Balaban J connectivity index is 1.72. The average molecular weight is 521 g/mol. The highest BCUT2D eigenvalue weighted by Gasteiger charge is 2.50. The predicted molar refractivity (Wildman–Crippen MR) is 143 cm³/mol. The van der Waals surface area contributed by atoms with Crippen LogP contribution in [0.3, 0.4) is 0 Å². The van der Waals surface area contributed by atoms with Gasteiger partial charge < -0.3 is 13.9 Å². The highest BCUT2D eigenvalue weighted by Crippen LogP contribution is 2.38. The maximum Gasteiger partial charge on any atom is 0.331 e. The summed E-state index contributed by atoms with van der Waals surface area (Å²) in [6.07, 6.45) is 1.24. The van der Waals surface area contributed by atoms with Crippen LogP contribution in [0, 0.1) is 6.92 Å². The molecule has 0 saturated carbocycles. The van der Waals surface area contributed by atoms with E-state index in [0.717, 1.165) is 10.4 Å². The van der Waals surface area contributed by atoms with Crippen molar-refractivity contribution in [2.45, 2.75) is 52.0 Å². The van der Waals surface area contributed by atoms with Gasteiger partial charge in [-0.05, 0) is 22.3 Å². The van der Waals surface area contributed by atoms with E-state index in [1.54, 1.807) is 13.0 Å². The number of hydrogen-bond donors (Lipinski definition) is 1. The molecular weight excluding hydrogens is 488 g/mol. The zero-order valence-electron chi connectivity index (χ0n) is 21.7. The minimum Gasteiger partial charge on any atom is -0.468 e. The number of rotatable bonds is 7. The number of esters is 1. The summed E-state index contributed by atoms with van der Waals surface area (Å²) in [4.78, 5) is 38.6. The first-order valence-electron chi connectivity index (χ1n) is 12.1. The fourth-order valence-corrected chi connectivity index (χ4v) is 9.34. The first-order valence-corrected chi connectivity index (χ1v) is 14.1. The lowest BCUT2D eigenvalue weighted by atomic mass is 10.2. The van der Waals surface area contributed by atoms with Gasteiger partial charge in [0.2, 0.25) is 6.23 Å². The Morgan fingerprint density at radius 1 is 1.03 bits per heavy atom. The average Bonchev–Trinajstić information content (AvgIpc) is 3.24. The molecule has 0 spiro atoms. The SMILES string of the molecule is CC(=O)O[C@H]1C=C(CO[Si](c2ccccc2)(c2ccccc2)C(C)(C)C)O[C@H]1n1cc(C)c(=O)[nH]c1=O. The summed E-state index contributed by atoms with van der Waals surface area (Å²) in [5.74, 6) is -0.0711. The van der Waals surface area contributed by atoms with Crippen molar-refractivity contribution in [1.29, 1.82) is 0 Å². The van der Waals surface area contributed by atoms with E-state index in [1.807, 2.05) is 36.4 Å². The summed E-state index contributed by atoms with van der Waals surface area (Å²) in [5, 5.41) is 2.00. The highest BCUT2D eigenvalue weighted by molar-refractivity contribution is 6.99. The normalized spacial score (nSPS) is 17.7. The number of carbonyl (C=O) groups excluding carboxylic acids is 1. The number of hydrogen-bond acceptors (Lipinski definition) is 6. The van der Waals surface area contributed by atoms with E-state index in [9.17, 15) is 14.4 Å². The number of nitrogens with zero attached hydrogens (tertiary/aromatic N) is 1. The molecule has 194 valence electrons. The van der Waals surface area contributed by atoms with Gasteiger partial charge in [-0.15, -0.1) is 0 Å². The van der Waals surface area contributed by atoms with Gasteiger partial charge in [0.05, 0.1) is 6.61 Å². The summed E-state index contributed by atoms with van der Waals surface area (Å²) in [6.45, 7) is 9.52. The van der Waals surface area contributed by atoms with Crippen molar-refractivity contribution in [1.82, 2.24) is 9.55 Å². The van der Waals surface area contributed by atoms with Gasteiger partial charge in [0.25, 0.3) is 13.9 Å². The molecule has 4 rings (SSSR count). The quantitative estimate of drug-likeness (QED) is 0.380. The van der Waals surface area contributed by atoms with Crippen LogP contribution in [0.5, 0.6) is 0 Å². The number of ether oxygens (including phenoxy) is 2. The number of aryl methyl sites for hydroxylation is 1. The summed E-state index contributed by atoms with van der Waals surface area (Å²) < 4.78 is 19.8. The Morgan fingerprint density at radius 3 is 2.11 bits per heavy atom. The lowest BCUT2D eigenvalue weighted by Gasteiger charge is -2.43. The van der Waals surface area contributed by atoms with Crippen LogP contribution in [-0.4, -0.2) is 36.5 Å². The van der Waals surface area contributed by atoms with Crippen LogP contribution >= 0.6 is 0 Å². The number of H-pyrrole nitrogens is 1. The summed E-state index contributed by atoms with van der Waals surface area (Å²) in [5.41, 5.74) is -0.798. The Kier molecular flexibility index (Phi) is 7.38. The molecular formula is C28H32N2O6Si. The Hall–Kier alpha value is -3.69. The van der Waals surface area contributed by atoms with Crippen molar-refractivity contribution in [3.63, 3.8) is 0 Å². The van der Waals surface area contributed by atoms with Crippen LogP contribution in [-0.2, 0) is 18.7 Å². The minimum absolute atomic E-state index is 0.110. The largest absolute Gasteiger partial charge is 0.468 e. The number of aromatic amines is 1. The minimum atomic E-state index is -2.84. The zero-order valence-corrected chi connectivity index (χ0v) is 22.7. The first-order chi connectivity index (χ1) is 17.5. The molecule has 37 heavy (non-hydrogen) atoms. The standard InChI is InChI=1S/C28H32N2O6Si/c1-19-17-30(27(33)29-25(19)32)26-24(35-20(2)31)16-21(36-26)18-34-37(28(3,4)5,22-12-8-6-9-13-22)23-14-10-7-11-15-23/h6-17,24,26H,18H2,1-5H3,(H,29,32,33)/t24-,26+/m0/s1. The fraction of sp³-hybridized carbons (Fsp3) is 0.321. The molecule has 0 radical (unpaired) electrons. The van der Waals surface area contributed by atoms with E-state index in [-0.39, 0.29) is 11.6 Å². The molecule has 8 nitrogen and oxygen atoms in total. The third kappa shape index (κ3) is 5.23. The van der Waals surface area contributed by atoms with Gasteiger partial charge in [-0.2, -0.15) is 0 Å². The van der Waals surface area contributed by atoms with Gasteiger partial charge in [0, 0.05) is 24.8 Å². The van der Waals surface area contributed by atoms with E-state index < -0.39 is 37.9 Å². The molecule has 0 aliphatic carbocycles. The summed E-state index contributed by atoms with van der Waals surface area (Å²) in [6, 6.07) is 20.4. The molecule has 1 aliphatic rings. The molecule has 0 bridgehead atoms. The molecule has 0 unspecified atom stereocenters. The van der Waals surface area contributed by atoms with Gasteiger partial charge in [-0.1, -0.05) is 81.4 Å². The highest BCUT2D eigenvalue weighted by atomic mass is 28.4. The third-order valence-corrected chi connectivity index (χ3v) is 11.5. The Bertz CT molecular complexity index is 1370. The van der Waals surface area contributed by atoms with Gasteiger partial charge in [-0.3, -0.25) is 19.1 Å². The van der Waals surface area contributed by atoms with Gasteiger partial charge in [0.1, 0.15) is 5.76 Å². The van der Waals surface area contributed by atoms with Crippen LogP contribution in [0.1, 0.15) is 39.5 Å². The van der Waals surface area contributed by atoms with E-state index >= 15 is 0 Å². The van der Waals surface area contributed by atoms with Crippen molar-refractivity contribution in [2.24, 2.45) is 0 Å². The van der Waals surface area contributed by atoms with E-state index in [2.05, 4.69) is 50.0 Å². The van der Waals surface area contributed by atoms with E-state index in [1.165, 1.54) is 17.7 Å². The fourth-order valence-electron chi connectivity index (χ4n) is 4.82. The molecule has 9 heteroatoms. The molecule has 1 aromatic heterocycles. The van der Waals surface area contributed by atoms with Crippen molar-refractivity contribution < 1.29 is 18.7 Å². The first kappa shape index (κ1) is 26.4. The third-order valence-electron chi connectivity index (χ3n) is 6.47. The van der Waals surface area contributed by atoms with Crippen LogP contribution in [0.15, 0.2) is 88.3 Å². The number of aromatic nitrogens is 2. The molecule has 2 aromatic carbocycles. The van der Waals surface area contributed by atoms with Crippen molar-refractivity contribution in [3.8, 4) is 0 Å².